The summed E-state index contributed by atoms with van der Waals surface area (Å²) in [6.07, 6.45) is -0.411. The summed E-state index contributed by atoms with van der Waals surface area (Å²) in [4.78, 5) is 2.27. The lowest BCUT2D eigenvalue weighted by molar-refractivity contribution is -0.142. The van der Waals surface area contributed by atoms with Gasteiger partial charge in [0.15, 0.2) is 29.3 Å². The molecule has 2 aromatic rings. The molecule has 4 heterocycles. The van der Waals surface area contributed by atoms with Crippen molar-refractivity contribution in [1.29, 1.82) is 0 Å². The first-order valence-corrected chi connectivity index (χ1v) is 9.09. The van der Waals surface area contributed by atoms with Crippen molar-refractivity contribution < 1.29 is 28.8 Å². The molecule has 0 amide bonds. The molecule has 0 aliphatic carbocycles. The molecule has 0 saturated heterocycles. The van der Waals surface area contributed by atoms with Gasteiger partial charge in [0, 0.05) is 6.54 Å². The highest BCUT2D eigenvalue weighted by molar-refractivity contribution is 5.56. The molecule has 1 N–H and O–H groups in total. The van der Waals surface area contributed by atoms with Crippen LogP contribution >= 0.6 is 0 Å². The zero-order valence-electron chi connectivity index (χ0n) is 14.8. The van der Waals surface area contributed by atoms with E-state index in [2.05, 4.69) is 24.1 Å². The minimum atomic E-state index is -1.03. The van der Waals surface area contributed by atoms with E-state index in [1.54, 1.807) is 0 Å². The minimum Gasteiger partial charge on any atom is -0.454 e. The predicted octanol–water partition coefficient (Wildman–Crippen LogP) is 2.44. The van der Waals surface area contributed by atoms with Gasteiger partial charge in [0.05, 0.1) is 11.6 Å². The third-order valence-electron chi connectivity index (χ3n) is 5.89. The molecule has 0 fully saturated rings. The van der Waals surface area contributed by atoms with Gasteiger partial charge in [0.2, 0.25) is 13.6 Å². The van der Waals surface area contributed by atoms with E-state index in [0.29, 0.717) is 17.1 Å². The topological polar surface area (TPSA) is 69.6 Å². The third kappa shape index (κ3) is 2.13. The Labute approximate surface area is 156 Å². The number of hydrogen-bond donors (Lipinski definition) is 1. The van der Waals surface area contributed by atoms with Crippen LogP contribution in [0.4, 0.5) is 0 Å². The number of rotatable bonds is 1. The van der Waals surface area contributed by atoms with E-state index in [9.17, 15) is 5.11 Å². The molecule has 0 radical (unpaired) electrons. The van der Waals surface area contributed by atoms with Crippen molar-refractivity contribution in [3.63, 3.8) is 0 Å². The Kier molecular flexibility index (Phi) is 3.18. The van der Waals surface area contributed by atoms with Gasteiger partial charge in [-0.1, -0.05) is 6.07 Å². The van der Waals surface area contributed by atoms with Crippen LogP contribution in [0.2, 0.25) is 0 Å². The summed E-state index contributed by atoms with van der Waals surface area (Å²) in [5.74, 6) is 2.80. The van der Waals surface area contributed by atoms with Crippen LogP contribution in [-0.4, -0.2) is 37.2 Å². The van der Waals surface area contributed by atoms with Crippen LogP contribution in [0, 0.1) is 0 Å². The molecule has 4 aliphatic rings. The lowest BCUT2D eigenvalue weighted by Crippen LogP contribution is -2.35. The second kappa shape index (κ2) is 5.51. The largest absolute Gasteiger partial charge is 0.454 e. The van der Waals surface area contributed by atoms with Crippen molar-refractivity contribution in [3.05, 3.63) is 46.5 Å². The van der Waals surface area contributed by atoms with Crippen LogP contribution in [0.25, 0.3) is 0 Å². The molecule has 3 atom stereocenters. The summed E-state index contributed by atoms with van der Waals surface area (Å²) in [5.41, 5.74) is 4.00. The number of nitrogens with zero attached hydrogens (tertiary/aromatic N) is 1. The van der Waals surface area contributed by atoms with Crippen molar-refractivity contribution in [2.75, 3.05) is 27.2 Å². The first-order chi connectivity index (χ1) is 13.2. The summed E-state index contributed by atoms with van der Waals surface area (Å²) in [6, 6.07) is 7.94. The molecule has 7 heteroatoms. The molecule has 0 saturated carbocycles. The highest BCUT2D eigenvalue weighted by atomic mass is 16.7. The highest BCUT2D eigenvalue weighted by Gasteiger charge is 2.44. The number of aliphatic hydroxyl groups is 1. The fourth-order valence-corrected chi connectivity index (χ4v) is 4.60. The molecule has 0 bridgehead atoms. The Balaban J connectivity index is 1.48. The molecular formula is C20H19NO6. The molecule has 7 nitrogen and oxygen atoms in total. The van der Waals surface area contributed by atoms with Gasteiger partial charge in [-0.3, -0.25) is 4.90 Å². The maximum atomic E-state index is 10.6. The summed E-state index contributed by atoms with van der Waals surface area (Å²) < 4.78 is 28.2. The first-order valence-electron chi connectivity index (χ1n) is 9.09. The molecule has 0 aromatic heterocycles. The van der Waals surface area contributed by atoms with Crippen LogP contribution in [0.3, 0.4) is 0 Å². The van der Waals surface area contributed by atoms with Gasteiger partial charge in [-0.2, -0.15) is 0 Å². The quantitative estimate of drug-likeness (QED) is 0.828. The molecule has 2 aromatic carbocycles. The van der Waals surface area contributed by atoms with Crippen molar-refractivity contribution in [2.24, 2.45) is 0 Å². The average molecular weight is 369 g/mol. The average Bonchev–Trinajstić information content (AvgIpc) is 3.38. The Morgan fingerprint density at radius 2 is 1.74 bits per heavy atom. The Morgan fingerprint density at radius 3 is 2.63 bits per heavy atom. The standard InChI is InChI=1S/C20H19NO6/c1-21-5-4-10-6-14-15(25-8-24-14)7-12(10)17(21)18-11-2-3-13-19(26-9-23-13)16(11)20(22)27-18/h2-3,6-7,17-18,20,22H,4-5,8-9H2,1H3/t17-,18-,20+/m0/s1. The van der Waals surface area contributed by atoms with Crippen LogP contribution < -0.4 is 18.9 Å². The minimum absolute atomic E-state index is 0.0421. The molecule has 6 rings (SSSR count). The summed E-state index contributed by atoms with van der Waals surface area (Å²) in [7, 11) is 2.08. The summed E-state index contributed by atoms with van der Waals surface area (Å²) >= 11 is 0. The van der Waals surface area contributed by atoms with Gasteiger partial charge < -0.3 is 28.8 Å². The highest BCUT2D eigenvalue weighted by Crippen LogP contribution is 2.54. The van der Waals surface area contributed by atoms with Crippen LogP contribution in [0.15, 0.2) is 24.3 Å². The predicted molar refractivity (Wildman–Crippen MR) is 93.0 cm³/mol. The molecule has 27 heavy (non-hydrogen) atoms. The SMILES string of the molecule is CN1CCc2cc3c(cc2[C@H]1[C@H]1O[C@@H](O)c2c1ccc1c2OCO1)OCO3. The van der Waals surface area contributed by atoms with E-state index < -0.39 is 6.29 Å². The van der Waals surface area contributed by atoms with E-state index in [1.807, 2.05) is 12.1 Å². The second-order valence-corrected chi connectivity index (χ2v) is 7.29. The first kappa shape index (κ1) is 15.6. The number of hydrogen-bond acceptors (Lipinski definition) is 7. The molecule has 140 valence electrons. The number of benzene rings is 2. The Morgan fingerprint density at radius 1 is 0.963 bits per heavy atom. The van der Waals surface area contributed by atoms with E-state index in [4.69, 9.17) is 23.7 Å². The lowest BCUT2D eigenvalue weighted by Gasteiger charge is -2.38. The fourth-order valence-electron chi connectivity index (χ4n) is 4.60. The van der Waals surface area contributed by atoms with Gasteiger partial charge in [-0.15, -0.1) is 0 Å². The Hall–Kier alpha value is -2.48. The Bertz CT molecular complexity index is 945. The number of ether oxygens (including phenoxy) is 5. The normalized spacial score (nSPS) is 27.6. The van der Waals surface area contributed by atoms with Crippen molar-refractivity contribution >= 4 is 0 Å². The smallest absolute Gasteiger partial charge is 0.231 e. The lowest BCUT2D eigenvalue weighted by atomic mass is 9.86. The van der Waals surface area contributed by atoms with Crippen LogP contribution in [0.1, 0.15) is 40.7 Å². The molecular weight excluding hydrogens is 350 g/mol. The third-order valence-corrected chi connectivity index (χ3v) is 5.89. The van der Waals surface area contributed by atoms with Crippen LogP contribution in [0.5, 0.6) is 23.0 Å². The number of likely N-dealkylation sites (N-methyl/N-ethyl adjacent to an activating group) is 1. The van der Waals surface area contributed by atoms with Crippen molar-refractivity contribution in [3.8, 4) is 23.0 Å². The zero-order valence-corrected chi connectivity index (χ0v) is 14.8. The fraction of sp³-hybridized carbons (Fsp3) is 0.400. The zero-order chi connectivity index (χ0) is 18.1. The maximum Gasteiger partial charge on any atom is 0.231 e. The van der Waals surface area contributed by atoms with Crippen molar-refractivity contribution in [1.82, 2.24) is 4.90 Å². The van der Waals surface area contributed by atoms with Gasteiger partial charge in [-0.05, 0) is 48.4 Å². The van der Waals surface area contributed by atoms with Gasteiger partial charge in [0.25, 0.3) is 0 Å². The van der Waals surface area contributed by atoms with E-state index >= 15 is 0 Å². The molecule has 4 aliphatic heterocycles. The number of fused-ring (bicyclic) bond motifs is 5. The van der Waals surface area contributed by atoms with Gasteiger partial charge in [-0.25, -0.2) is 0 Å². The van der Waals surface area contributed by atoms with E-state index in [1.165, 1.54) is 5.56 Å². The van der Waals surface area contributed by atoms with E-state index in [-0.39, 0.29) is 25.7 Å². The summed E-state index contributed by atoms with van der Waals surface area (Å²) in [6.45, 7) is 1.32. The summed E-state index contributed by atoms with van der Waals surface area (Å²) in [5, 5.41) is 10.6. The van der Waals surface area contributed by atoms with Gasteiger partial charge >= 0.3 is 0 Å². The monoisotopic (exact) mass is 369 g/mol. The van der Waals surface area contributed by atoms with Crippen LogP contribution in [-0.2, 0) is 11.2 Å². The van der Waals surface area contributed by atoms with E-state index in [0.717, 1.165) is 35.6 Å². The van der Waals surface area contributed by atoms with Gasteiger partial charge in [0.1, 0.15) is 6.10 Å². The molecule has 0 unspecified atom stereocenters. The maximum absolute atomic E-state index is 10.6. The second-order valence-electron chi connectivity index (χ2n) is 7.29. The number of aliphatic hydroxyl groups excluding tert-OH is 1. The van der Waals surface area contributed by atoms with Crippen molar-refractivity contribution in [2.45, 2.75) is 24.9 Å². The molecule has 0 spiro atoms.